The van der Waals surface area contributed by atoms with Crippen LogP contribution in [0.5, 0.6) is 5.75 Å². The minimum atomic E-state index is -0.845. The van der Waals surface area contributed by atoms with E-state index in [2.05, 4.69) is 5.32 Å². The molecule has 1 fully saturated rings. The lowest BCUT2D eigenvalue weighted by Gasteiger charge is -2.34. The monoisotopic (exact) mass is 350 g/mol. The summed E-state index contributed by atoms with van der Waals surface area (Å²) >= 11 is 0. The topological polar surface area (TPSA) is 50.8 Å². The van der Waals surface area contributed by atoms with E-state index >= 15 is 0 Å². The molecule has 0 aliphatic carbocycles. The molecule has 1 atom stereocenters. The molecule has 1 aliphatic heterocycles. The summed E-state index contributed by atoms with van der Waals surface area (Å²) in [4.78, 5) is 13.7. The Bertz CT molecular complexity index is 546. The molecule has 1 aromatic carbocycles. The van der Waals surface area contributed by atoms with Crippen LogP contribution in [0.3, 0.4) is 0 Å². The molecule has 1 N–H and O–H groups in total. The highest BCUT2D eigenvalue weighted by Gasteiger charge is 2.27. The van der Waals surface area contributed by atoms with E-state index in [1.165, 1.54) is 13.2 Å². The molecule has 1 heterocycles. The Balaban J connectivity index is 0.00000264. The number of rotatable bonds is 4. The maximum Gasteiger partial charge on any atom is 0.410 e. The predicted octanol–water partition coefficient (Wildman–Crippen LogP) is 2.72. The number of ether oxygens (including phenoxy) is 2. The summed E-state index contributed by atoms with van der Waals surface area (Å²) in [6.07, 6.45) is 0.222. The molecule has 1 aliphatic rings. The second-order valence-corrected chi connectivity index (χ2v) is 5.06. The minimum absolute atomic E-state index is 0. The minimum Gasteiger partial charge on any atom is -0.494 e. The number of methoxy groups -OCH3 is 1. The molecule has 1 unspecified atom stereocenters. The molecule has 0 bridgehead atoms. The van der Waals surface area contributed by atoms with E-state index in [1.54, 1.807) is 4.90 Å². The Morgan fingerprint density at radius 1 is 1.43 bits per heavy atom. The van der Waals surface area contributed by atoms with E-state index in [-0.39, 0.29) is 29.8 Å². The van der Waals surface area contributed by atoms with Crippen molar-refractivity contribution in [1.29, 1.82) is 0 Å². The first-order valence-corrected chi connectivity index (χ1v) is 7.23. The van der Waals surface area contributed by atoms with Gasteiger partial charge in [-0.25, -0.2) is 13.6 Å². The molecule has 0 aromatic heterocycles. The zero-order valence-corrected chi connectivity index (χ0v) is 13.9. The zero-order valence-electron chi connectivity index (χ0n) is 13.1. The van der Waals surface area contributed by atoms with Crippen LogP contribution < -0.4 is 10.1 Å². The Kier molecular flexibility index (Phi) is 7.51. The number of benzene rings is 1. The van der Waals surface area contributed by atoms with Gasteiger partial charge >= 0.3 is 6.09 Å². The molecule has 5 nitrogen and oxygen atoms in total. The predicted molar refractivity (Wildman–Crippen MR) is 84.0 cm³/mol. The van der Waals surface area contributed by atoms with Crippen LogP contribution in [-0.4, -0.2) is 43.8 Å². The SMILES string of the molecule is CCC1CNCCN1C(=O)OCc1c(F)ccc(OC)c1F.Cl. The Hall–Kier alpha value is -1.60. The first-order chi connectivity index (χ1) is 10.6. The van der Waals surface area contributed by atoms with Crippen LogP contribution in [0, 0.1) is 11.6 Å². The fourth-order valence-corrected chi connectivity index (χ4v) is 2.45. The molecule has 2 rings (SSSR count). The van der Waals surface area contributed by atoms with Crippen LogP contribution in [0.4, 0.5) is 13.6 Å². The number of carbonyl (C=O) groups is 1. The lowest BCUT2D eigenvalue weighted by Crippen LogP contribution is -2.53. The number of hydrogen-bond donors (Lipinski definition) is 1. The van der Waals surface area contributed by atoms with E-state index in [0.717, 1.165) is 12.5 Å². The number of amides is 1. The second-order valence-electron chi connectivity index (χ2n) is 5.06. The number of nitrogens with zero attached hydrogens (tertiary/aromatic N) is 1. The molecule has 1 aromatic rings. The molecule has 1 amide bonds. The van der Waals surface area contributed by atoms with Crippen LogP contribution in [0.25, 0.3) is 0 Å². The first kappa shape index (κ1) is 19.4. The molecular weight excluding hydrogens is 330 g/mol. The van der Waals surface area contributed by atoms with Gasteiger partial charge in [0, 0.05) is 25.7 Å². The zero-order chi connectivity index (χ0) is 16.1. The van der Waals surface area contributed by atoms with Crippen molar-refractivity contribution in [2.75, 3.05) is 26.7 Å². The van der Waals surface area contributed by atoms with Crippen molar-refractivity contribution in [3.8, 4) is 5.75 Å². The number of nitrogens with one attached hydrogen (secondary N) is 1. The number of carbonyl (C=O) groups excluding carboxylic acids is 1. The van der Waals surface area contributed by atoms with Gasteiger partial charge in [-0.3, -0.25) is 0 Å². The fraction of sp³-hybridized carbons (Fsp3) is 0.533. The average molecular weight is 351 g/mol. The van der Waals surface area contributed by atoms with Crippen LogP contribution >= 0.6 is 12.4 Å². The van der Waals surface area contributed by atoms with E-state index in [0.29, 0.717) is 19.6 Å². The van der Waals surface area contributed by atoms with Gasteiger partial charge in [0.15, 0.2) is 11.6 Å². The van der Waals surface area contributed by atoms with Crippen molar-refractivity contribution in [2.45, 2.75) is 26.0 Å². The summed E-state index contributed by atoms with van der Waals surface area (Å²) in [5, 5.41) is 3.19. The highest BCUT2D eigenvalue weighted by Crippen LogP contribution is 2.24. The molecule has 130 valence electrons. The van der Waals surface area contributed by atoms with Gasteiger partial charge in [-0.2, -0.15) is 0 Å². The summed E-state index contributed by atoms with van der Waals surface area (Å²) in [7, 11) is 1.29. The van der Waals surface area contributed by atoms with Crippen molar-refractivity contribution in [3.63, 3.8) is 0 Å². The summed E-state index contributed by atoms with van der Waals surface area (Å²) in [6, 6.07) is 2.31. The molecule has 0 radical (unpaired) electrons. The highest BCUT2D eigenvalue weighted by molar-refractivity contribution is 5.85. The largest absolute Gasteiger partial charge is 0.494 e. The number of hydrogen-bond acceptors (Lipinski definition) is 4. The van der Waals surface area contributed by atoms with Gasteiger partial charge in [0.2, 0.25) is 0 Å². The van der Waals surface area contributed by atoms with Crippen molar-refractivity contribution in [2.24, 2.45) is 0 Å². The van der Waals surface area contributed by atoms with E-state index in [1.807, 2.05) is 6.92 Å². The lowest BCUT2D eigenvalue weighted by atomic mass is 10.1. The quantitative estimate of drug-likeness (QED) is 0.907. The van der Waals surface area contributed by atoms with Crippen LogP contribution in [-0.2, 0) is 11.3 Å². The Morgan fingerprint density at radius 3 is 2.83 bits per heavy atom. The van der Waals surface area contributed by atoms with Crippen LogP contribution in [0.2, 0.25) is 0 Å². The second kappa shape index (κ2) is 8.88. The third-order valence-corrected chi connectivity index (χ3v) is 3.77. The van der Waals surface area contributed by atoms with Gasteiger partial charge in [-0.1, -0.05) is 6.92 Å². The van der Waals surface area contributed by atoms with Crippen molar-refractivity contribution in [1.82, 2.24) is 10.2 Å². The molecule has 23 heavy (non-hydrogen) atoms. The van der Waals surface area contributed by atoms with E-state index in [9.17, 15) is 13.6 Å². The number of piperazine rings is 1. The van der Waals surface area contributed by atoms with Gasteiger partial charge in [0.25, 0.3) is 0 Å². The summed E-state index contributed by atoms with van der Waals surface area (Å²) < 4.78 is 37.6. The molecule has 1 saturated heterocycles. The summed E-state index contributed by atoms with van der Waals surface area (Å²) in [6.45, 7) is 3.38. The molecule has 8 heteroatoms. The van der Waals surface area contributed by atoms with Gasteiger partial charge in [0.05, 0.1) is 12.7 Å². The standard InChI is InChI=1S/C15H20F2N2O3.ClH/c1-3-10-8-18-6-7-19(10)15(20)22-9-11-12(16)4-5-13(21-2)14(11)17;/h4-5,10,18H,3,6-9H2,1-2H3;1H. The molecule has 0 spiro atoms. The third kappa shape index (κ3) is 4.45. The average Bonchev–Trinajstić information content (AvgIpc) is 2.54. The smallest absolute Gasteiger partial charge is 0.410 e. The van der Waals surface area contributed by atoms with Gasteiger partial charge in [0.1, 0.15) is 12.4 Å². The molecular formula is C15H21ClF2N2O3. The van der Waals surface area contributed by atoms with Crippen molar-refractivity contribution in [3.05, 3.63) is 29.3 Å². The normalized spacial score (nSPS) is 17.4. The summed E-state index contributed by atoms with van der Waals surface area (Å²) in [5.74, 6) is -1.69. The third-order valence-electron chi connectivity index (χ3n) is 3.77. The van der Waals surface area contributed by atoms with Gasteiger partial charge in [-0.15, -0.1) is 12.4 Å². The Labute approximate surface area is 140 Å². The van der Waals surface area contributed by atoms with Crippen LogP contribution in [0.1, 0.15) is 18.9 Å². The summed E-state index contributed by atoms with van der Waals surface area (Å²) in [5.41, 5.74) is -0.309. The first-order valence-electron chi connectivity index (χ1n) is 7.23. The highest BCUT2D eigenvalue weighted by atomic mass is 35.5. The van der Waals surface area contributed by atoms with Crippen LogP contribution in [0.15, 0.2) is 12.1 Å². The number of halogens is 3. The van der Waals surface area contributed by atoms with Crippen molar-refractivity contribution >= 4 is 18.5 Å². The maximum atomic E-state index is 14.0. The van der Waals surface area contributed by atoms with Crippen molar-refractivity contribution < 1.29 is 23.0 Å². The van der Waals surface area contributed by atoms with E-state index in [4.69, 9.17) is 9.47 Å². The Morgan fingerprint density at radius 2 is 2.17 bits per heavy atom. The van der Waals surface area contributed by atoms with Gasteiger partial charge in [-0.05, 0) is 18.6 Å². The van der Waals surface area contributed by atoms with E-state index < -0.39 is 24.3 Å². The fourth-order valence-electron chi connectivity index (χ4n) is 2.45. The maximum absolute atomic E-state index is 14.0. The van der Waals surface area contributed by atoms with Gasteiger partial charge < -0.3 is 19.7 Å². The molecule has 0 saturated carbocycles. The lowest BCUT2D eigenvalue weighted by molar-refractivity contribution is 0.0698.